The summed E-state index contributed by atoms with van der Waals surface area (Å²) in [6.07, 6.45) is 0. The van der Waals surface area contributed by atoms with Gasteiger partial charge in [0.1, 0.15) is 11.3 Å². The number of aryl methyl sites for hydroxylation is 1. The first kappa shape index (κ1) is 19.6. The van der Waals surface area contributed by atoms with Gasteiger partial charge in [-0.05, 0) is 44.8 Å². The van der Waals surface area contributed by atoms with Gasteiger partial charge in [-0.3, -0.25) is 9.69 Å². The summed E-state index contributed by atoms with van der Waals surface area (Å²) in [6, 6.07) is 11.2. The number of hydrogen-bond donors (Lipinski definition) is 0. The summed E-state index contributed by atoms with van der Waals surface area (Å²) in [7, 11) is 5.56. The Morgan fingerprint density at radius 1 is 1.19 bits per heavy atom. The van der Waals surface area contributed by atoms with E-state index < -0.39 is 0 Å². The normalized spacial score (nSPS) is 11.2. The summed E-state index contributed by atoms with van der Waals surface area (Å²) in [4.78, 5) is 21.8. The zero-order valence-corrected chi connectivity index (χ0v) is 17.4. The highest BCUT2D eigenvalue weighted by Crippen LogP contribution is 2.39. The van der Waals surface area contributed by atoms with Gasteiger partial charge in [-0.25, -0.2) is 4.98 Å². The maximum absolute atomic E-state index is 13.3. The van der Waals surface area contributed by atoms with Crippen molar-refractivity contribution in [3.63, 3.8) is 0 Å². The van der Waals surface area contributed by atoms with E-state index in [2.05, 4.69) is 0 Å². The van der Waals surface area contributed by atoms with Gasteiger partial charge < -0.3 is 9.64 Å². The molecule has 3 rings (SSSR count). The lowest BCUT2D eigenvalue weighted by atomic mass is 10.1. The molecule has 0 aliphatic carbocycles. The molecule has 0 unspecified atom stereocenters. The fourth-order valence-corrected chi connectivity index (χ4v) is 4.04. The van der Waals surface area contributed by atoms with Gasteiger partial charge in [-0.15, -0.1) is 0 Å². The van der Waals surface area contributed by atoms with E-state index in [0.717, 1.165) is 16.8 Å². The fourth-order valence-electron chi connectivity index (χ4n) is 2.76. The average molecular weight is 404 g/mol. The molecule has 0 atom stereocenters. The van der Waals surface area contributed by atoms with Crippen LogP contribution in [0, 0.1) is 6.92 Å². The number of carbonyl (C=O) groups is 1. The maximum Gasteiger partial charge on any atom is 0.260 e. The van der Waals surface area contributed by atoms with Crippen LogP contribution in [0.2, 0.25) is 5.02 Å². The number of likely N-dealkylation sites (N-methyl/N-ethyl adjacent to an activating group) is 1. The SMILES string of the molecule is COc1ccc(Cl)c2sc(N(CCN(C)C)C(=O)c3ccccc3C)nc12. The molecule has 2 aromatic carbocycles. The smallest absolute Gasteiger partial charge is 0.260 e. The Labute approximate surface area is 168 Å². The number of nitrogens with zero attached hydrogens (tertiary/aromatic N) is 3. The van der Waals surface area contributed by atoms with Crippen molar-refractivity contribution in [1.82, 2.24) is 9.88 Å². The van der Waals surface area contributed by atoms with Gasteiger partial charge in [0, 0.05) is 18.7 Å². The molecule has 0 aliphatic rings. The van der Waals surface area contributed by atoms with E-state index in [9.17, 15) is 4.79 Å². The number of rotatable bonds is 6. The molecule has 142 valence electrons. The molecule has 0 aliphatic heterocycles. The maximum atomic E-state index is 13.3. The summed E-state index contributed by atoms with van der Waals surface area (Å²) >= 11 is 7.76. The summed E-state index contributed by atoms with van der Waals surface area (Å²) in [5, 5.41) is 1.22. The van der Waals surface area contributed by atoms with Crippen molar-refractivity contribution >= 4 is 44.2 Å². The van der Waals surface area contributed by atoms with E-state index in [-0.39, 0.29) is 5.91 Å². The van der Waals surface area contributed by atoms with Crippen LogP contribution in [0.25, 0.3) is 10.2 Å². The summed E-state index contributed by atoms with van der Waals surface area (Å²) in [6.45, 7) is 3.19. The molecule has 0 saturated carbocycles. The Kier molecular flexibility index (Phi) is 5.99. The highest BCUT2D eigenvalue weighted by atomic mass is 35.5. The number of methoxy groups -OCH3 is 1. The fraction of sp³-hybridized carbons (Fsp3) is 0.300. The third kappa shape index (κ3) is 4.08. The first-order valence-corrected chi connectivity index (χ1v) is 9.77. The number of fused-ring (bicyclic) bond motifs is 1. The van der Waals surface area contributed by atoms with Crippen molar-refractivity contribution < 1.29 is 9.53 Å². The predicted molar refractivity (Wildman–Crippen MR) is 113 cm³/mol. The van der Waals surface area contributed by atoms with Crippen molar-refractivity contribution in [2.24, 2.45) is 0 Å². The zero-order valence-electron chi connectivity index (χ0n) is 15.8. The van der Waals surface area contributed by atoms with E-state index in [0.29, 0.717) is 33.5 Å². The first-order valence-electron chi connectivity index (χ1n) is 8.57. The number of carbonyl (C=O) groups excluding carboxylic acids is 1. The molecule has 0 bridgehead atoms. The van der Waals surface area contributed by atoms with Crippen LogP contribution < -0.4 is 9.64 Å². The standard InChI is InChI=1S/C20H22ClN3O2S/c1-13-7-5-6-8-14(13)19(25)24(12-11-23(2)3)20-22-17-16(26-4)10-9-15(21)18(17)27-20/h5-10H,11-12H2,1-4H3. The van der Waals surface area contributed by atoms with Crippen molar-refractivity contribution in [2.45, 2.75) is 6.92 Å². The van der Waals surface area contributed by atoms with Crippen LogP contribution in [0.15, 0.2) is 36.4 Å². The van der Waals surface area contributed by atoms with E-state index in [4.69, 9.17) is 21.3 Å². The zero-order chi connectivity index (χ0) is 19.6. The number of anilines is 1. The molecule has 0 saturated heterocycles. The quantitative estimate of drug-likeness (QED) is 0.609. The summed E-state index contributed by atoms with van der Waals surface area (Å²) < 4.78 is 6.23. The van der Waals surface area contributed by atoms with Gasteiger partial charge in [0.25, 0.3) is 5.91 Å². The van der Waals surface area contributed by atoms with Gasteiger partial charge >= 0.3 is 0 Å². The molecular formula is C20H22ClN3O2S. The van der Waals surface area contributed by atoms with Gasteiger partial charge in [-0.2, -0.15) is 0 Å². The third-order valence-corrected chi connectivity index (χ3v) is 5.83. The highest BCUT2D eigenvalue weighted by molar-refractivity contribution is 7.23. The molecule has 1 amide bonds. The molecule has 0 fully saturated rings. The number of halogens is 1. The molecular weight excluding hydrogens is 382 g/mol. The van der Waals surface area contributed by atoms with Crippen molar-refractivity contribution in [1.29, 1.82) is 0 Å². The Morgan fingerprint density at radius 2 is 1.93 bits per heavy atom. The van der Waals surface area contributed by atoms with Crippen LogP contribution >= 0.6 is 22.9 Å². The van der Waals surface area contributed by atoms with E-state index in [1.807, 2.05) is 50.2 Å². The van der Waals surface area contributed by atoms with Crippen LogP contribution in [0.1, 0.15) is 15.9 Å². The number of thiazole rings is 1. The monoisotopic (exact) mass is 403 g/mol. The molecule has 0 N–H and O–H groups in total. The van der Waals surface area contributed by atoms with Crippen LogP contribution in [-0.4, -0.2) is 50.1 Å². The number of amides is 1. The molecule has 1 aromatic heterocycles. The van der Waals surface area contributed by atoms with Gasteiger partial charge in [0.15, 0.2) is 5.13 Å². The number of benzene rings is 2. The summed E-state index contributed by atoms with van der Waals surface area (Å²) in [5.74, 6) is 0.580. The Morgan fingerprint density at radius 3 is 2.59 bits per heavy atom. The van der Waals surface area contributed by atoms with Crippen molar-refractivity contribution in [3.8, 4) is 5.75 Å². The molecule has 1 heterocycles. The largest absolute Gasteiger partial charge is 0.494 e. The van der Waals surface area contributed by atoms with E-state index in [1.165, 1.54) is 11.3 Å². The van der Waals surface area contributed by atoms with Gasteiger partial charge in [0.2, 0.25) is 0 Å². The molecule has 0 spiro atoms. The topological polar surface area (TPSA) is 45.7 Å². The van der Waals surface area contributed by atoms with Gasteiger partial charge in [0.05, 0.1) is 16.8 Å². The molecule has 0 radical (unpaired) electrons. The Balaban J connectivity index is 2.08. The number of aromatic nitrogens is 1. The minimum absolute atomic E-state index is 0.0657. The molecule has 5 nitrogen and oxygen atoms in total. The number of ether oxygens (including phenoxy) is 1. The lowest BCUT2D eigenvalue weighted by Crippen LogP contribution is -2.37. The molecule has 3 aromatic rings. The minimum Gasteiger partial charge on any atom is -0.494 e. The van der Waals surface area contributed by atoms with Gasteiger partial charge in [-0.1, -0.05) is 41.1 Å². The lowest BCUT2D eigenvalue weighted by molar-refractivity contribution is 0.0984. The van der Waals surface area contributed by atoms with E-state index >= 15 is 0 Å². The van der Waals surface area contributed by atoms with Crippen LogP contribution in [0.5, 0.6) is 5.75 Å². The summed E-state index contributed by atoms with van der Waals surface area (Å²) in [5.41, 5.74) is 2.29. The lowest BCUT2D eigenvalue weighted by Gasteiger charge is -2.22. The van der Waals surface area contributed by atoms with E-state index in [1.54, 1.807) is 24.1 Å². The van der Waals surface area contributed by atoms with Crippen LogP contribution in [-0.2, 0) is 0 Å². The highest BCUT2D eigenvalue weighted by Gasteiger charge is 2.24. The third-order valence-electron chi connectivity index (χ3n) is 4.29. The Bertz CT molecular complexity index is 971. The number of hydrogen-bond acceptors (Lipinski definition) is 5. The molecule has 27 heavy (non-hydrogen) atoms. The van der Waals surface area contributed by atoms with Crippen LogP contribution in [0.3, 0.4) is 0 Å². The average Bonchev–Trinajstić information content (AvgIpc) is 3.08. The van der Waals surface area contributed by atoms with Crippen LogP contribution in [0.4, 0.5) is 5.13 Å². The van der Waals surface area contributed by atoms with Crippen molar-refractivity contribution in [3.05, 3.63) is 52.5 Å². The first-order chi connectivity index (χ1) is 12.9. The molecule has 7 heteroatoms. The second-order valence-corrected chi connectivity index (χ2v) is 7.88. The second kappa shape index (κ2) is 8.25. The van der Waals surface area contributed by atoms with Crippen molar-refractivity contribution in [2.75, 3.05) is 39.2 Å². The Hall–Kier alpha value is -2.15. The predicted octanol–water partition coefficient (Wildman–Crippen LogP) is 4.48. The second-order valence-electron chi connectivity index (χ2n) is 6.50. The minimum atomic E-state index is -0.0657.